The van der Waals surface area contributed by atoms with E-state index >= 15 is 0 Å². The zero-order chi connectivity index (χ0) is 29.3. The number of amides is 1. The Morgan fingerprint density at radius 2 is 1.82 bits per heavy atom. The van der Waals surface area contributed by atoms with Crippen molar-refractivity contribution in [3.05, 3.63) is 47.4 Å². The molecule has 1 amide bonds. The van der Waals surface area contributed by atoms with E-state index in [-0.39, 0.29) is 35.8 Å². The minimum Gasteiger partial charge on any atom is -0.463 e. The van der Waals surface area contributed by atoms with Crippen LogP contribution in [-0.2, 0) is 21.4 Å². The average Bonchev–Trinajstić information content (AvgIpc) is 3.32. The summed E-state index contributed by atoms with van der Waals surface area (Å²) in [7, 11) is -3.01. The van der Waals surface area contributed by atoms with E-state index in [1.807, 2.05) is 20.8 Å². The van der Waals surface area contributed by atoms with Crippen molar-refractivity contribution in [1.82, 2.24) is 24.7 Å². The van der Waals surface area contributed by atoms with Crippen molar-refractivity contribution >= 4 is 45.4 Å². The van der Waals surface area contributed by atoms with Crippen molar-refractivity contribution in [3.8, 4) is 0 Å². The molecule has 0 unspecified atom stereocenters. The summed E-state index contributed by atoms with van der Waals surface area (Å²) in [5.74, 6) is -1.76. The van der Waals surface area contributed by atoms with Gasteiger partial charge in [-0.15, -0.1) is 15.3 Å². The van der Waals surface area contributed by atoms with Crippen molar-refractivity contribution in [2.45, 2.75) is 40.2 Å². The van der Waals surface area contributed by atoms with Gasteiger partial charge in [-0.3, -0.25) is 9.35 Å². The number of ether oxygens (including phenoxy) is 1. The summed E-state index contributed by atoms with van der Waals surface area (Å²) >= 11 is 0. The number of hydrogen-bond acceptors (Lipinski definition) is 12. The Hall–Kier alpha value is -4.31. The number of methoxy groups -OCH3 is 1. The van der Waals surface area contributed by atoms with Crippen LogP contribution < -0.4 is 10.2 Å². The topological polar surface area (TPSA) is 194 Å². The van der Waals surface area contributed by atoms with Gasteiger partial charge in [-0.05, 0) is 31.9 Å². The lowest BCUT2D eigenvalue weighted by Crippen LogP contribution is -2.31. The van der Waals surface area contributed by atoms with Gasteiger partial charge in [-0.25, -0.2) is 14.5 Å². The molecule has 0 atom stereocenters. The second-order valence-electron chi connectivity index (χ2n) is 8.65. The first-order valence-electron chi connectivity index (χ1n) is 12.4. The predicted molar refractivity (Wildman–Crippen MR) is 146 cm³/mol. The molecule has 0 aliphatic heterocycles. The van der Waals surface area contributed by atoms with Gasteiger partial charge in [-0.1, -0.05) is 31.5 Å². The zero-order valence-corrected chi connectivity index (χ0v) is 23.4. The number of aryl methyl sites for hydroxylation is 2. The van der Waals surface area contributed by atoms with Gasteiger partial charge in [0.2, 0.25) is 5.95 Å². The highest BCUT2D eigenvalue weighted by Crippen LogP contribution is 2.27. The Bertz CT molecular complexity index is 1470. The fourth-order valence-corrected chi connectivity index (χ4v) is 3.87. The van der Waals surface area contributed by atoms with Gasteiger partial charge in [-0.2, -0.15) is 18.4 Å². The van der Waals surface area contributed by atoms with Crippen molar-refractivity contribution in [2.24, 2.45) is 10.2 Å². The van der Waals surface area contributed by atoms with Gasteiger partial charge in [0.25, 0.3) is 27.8 Å². The standard InChI is InChI=1S/C24H31N9O6S/c1-5-11-32(13-14-40(36,37)38)23-25-15-18(19(27-23)26-21(34)17-9-7-16(3)8-10-17)29-30-24-28-20(22(35)39-4)31-33(24)12-6-2/h7-10,15H,5-6,11-14H2,1-4H3,(H,36,37,38)(H,25,26,27,34). The number of azo groups is 1. The van der Waals surface area contributed by atoms with Crippen LogP contribution in [0.4, 0.5) is 23.4 Å². The average molecular weight is 574 g/mol. The van der Waals surface area contributed by atoms with Crippen LogP contribution in [0.25, 0.3) is 0 Å². The first-order chi connectivity index (χ1) is 19.0. The van der Waals surface area contributed by atoms with Gasteiger partial charge in [0.1, 0.15) is 5.69 Å². The van der Waals surface area contributed by atoms with Gasteiger partial charge in [0, 0.05) is 25.2 Å². The highest BCUT2D eigenvalue weighted by atomic mass is 32.2. The third kappa shape index (κ3) is 8.34. The number of esters is 1. The first-order valence-corrected chi connectivity index (χ1v) is 14.1. The Morgan fingerprint density at radius 1 is 1.10 bits per heavy atom. The maximum Gasteiger partial charge on any atom is 0.378 e. The number of nitrogens with zero attached hydrogens (tertiary/aromatic N) is 8. The van der Waals surface area contributed by atoms with Gasteiger partial charge >= 0.3 is 5.97 Å². The summed E-state index contributed by atoms with van der Waals surface area (Å²) in [6.07, 6.45) is 2.63. The molecule has 15 nitrogen and oxygen atoms in total. The van der Waals surface area contributed by atoms with Crippen molar-refractivity contribution in [1.29, 1.82) is 0 Å². The van der Waals surface area contributed by atoms with Gasteiger partial charge in [0.05, 0.1) is 19.1 Å². The van der Waals surface area contributed by atoms with Crippen molar-refractivity contribution < 1.29 is 27.3 Å². The molecule has 2 heterocycles. The van der Waals surface area contributed by atoms with Crippen LogP contribution in [0.2, 0.25) is 0 Å². The molecule has 0 aliphatic carbocycles. The molecule has 1 aromatic carbocycles. The molecular weight excluding hydrogens is 542 g/mol. The third-order valence-corrected chi connectivity index (χ3v) is 6.10. The van der Waals surface area contributed by atoms with Crippen LogP contribution in [-0.4, -0.2) is 75.5 Å². The molecule has 0 fully saturated rings. The molecule has 16 heteroatoms. The Balaban J connectivity index is 2.02. The van der Waals surface area contributed by atoms with E-state index in [1.165, 1.54) is 18.0 Å². The van der Waals surface area contributed by atoms with Crippen LogP contribution >= 0.6 is 0 Å². The summed E-state index contributed by atoms with van der Waals surface area (Å²) in [6, 6.07) is 6.90. The highest BCUT2D eigenvalue weighted by molar-refractivity contribution is 7.85. The molecular formula is C24H31N9O6S. The van der Waals surface area contributed by atoms with Crippen LogP contribution in [0.3, 0.4) is 0 Å². The fourth-order valence-electron chi connectivity index (χ4n) is 3.42. The zero-order valence-electron chi connectivity index (χ0n) is 22.6. The number of rotatable bonds is 13. The smallest absolute Gasteiger partial charge is 0.378 e. The van der Waals surface area contributed by atoms with E-state index in [9.17, 15) is 22.6 Å². The number of nitrogens with one attached hydrogen (secondary N) is 1. The van der Waals surface area contributed by atoms with E-state index in [1.54, 1.807) is 29.2 Å². The van der Waals surface area contributed by atoms with E-state index in [2.05, 4.69) is 40.3 Å². The van der Waals surface area contributed by atoms with Gasteiger partial charge in [0.15, 0.2) is 5.82 Å². The molecule has 3 rings (SSSR count). The lowest BCUT2D eigenvalue weighted by Gasteiger charge is -2.22. The molecule has 0 radical (unpaired) electrons. The molecule has 0 aliphatic rings. The van der Waals surface area contributed by atoms with E-state index in [0.29, 0.717) is 31.5 Å². The molecule has 214 valence electrons. The van der Waals surface area contributed by atoms with E-state index in [4.69, 9.17) is 0 Å². The molecule has 3 aromatic rings. The number of carbonyl (C=O) groups excluding carboxylic acids is 2. The molecule has 2 N–H and O–H groups in total. The molecule has 0 spiro atoms. The third-order valence-electron chi connectivity index (χ3n) is 5.40. The van der Waals surface area contributed by atoms with Crippen LogP contribution in [0.1, 0.15) is 53.2 Å². The number of carbonyl (C=O) groups is 2. The monoisotopic (exact) mass is 573 g/mol. The van der Waals surface area contributed by atoms with E-state index < -0.39 is 27.7 Å². The molecule has 2 aromatic heterocycles. The number of hydrogen-bond donors (Lipinski definition) is 2. The molecule has 0 bridgehead atoms. The quantitative estimate of drug-likeness (QED) is 0.173. The summed E-state index contributed by atoms with van der Waals surface area (Å²) in [5.41, 5.74) is 1.42. The van der Waals surface area contributed by atoms with Crippen LogP contribution in [0.15, 0.2) is 40.7 Å². The molecule has 40 heavy (non-hydrogen) atoms. The number of benzene rings is 1. The maximum atomic E-state index is 13.0. The summed E-state index contributed by atoms with van der Waals surface area (Å²) < 4.78 is 38.0. The SMILES string of the molecule is CCCN(CCS(=O)(=O)O)c1ncc(N=Nc2nc(C(=O)OC)nn2CCC)c(NC(=O)c2ccc(C)cc2)n1. The Kier molecular flexibility index (Phi) is 10.3. The largest absolute Gasteiger partial charge is 0.463 e. The van der Waals surface area contributed by atoms with E-state index in [0.717, 1.165) is 5.56 Å². The second-order valence-corrected chi connectivity index (χ2v) is 10.2. The Labute approximate surface area is 231 Å². The highest BCUT2D eigenvalue weighted by Gasteiger charge is 2.19. The molecule has 0 saturated carbocycles. The van der Waals surface area contributed by atoms with Crippen LogP contribution in [0.5, 0.6) is 0 Å². The number of aromatic nitrogens is 5. The lowest BCUT2D eigenvalue weighted by molar-refractivity contribution is 0.0586. The number of anilines is 2. The van der Waals surface area contributed by atoms with Gasteiger partial charge < -0.3 is 15.0 Å². The summed E-state index contributed by atoms with van der Waals surface area (Å²) in [6.45, 7) is 6.42. The summed E-state index contributed by atoms with van der Waals surface area (Å²) in [5, 5.41) is 15.1. The van der Waals surface area contributed by atoms with Crippen LogP contribution in [0, 0.1) is 6.92 Å². The fraction of sp³-hybridized carbons (Fsp3) is 0.417. The summed E-state index contributed by atoms with van der Waals surface area (Å²) in [4.78, 5) is 39.3. The normalized spacial score (nSPS) is 11.5. The van der Waals surface area contributed by atoms with Crippen molar-refractivity contribution in [2.75, 3.05) is 36.2 Å². The molecule has 0 saturated heterocycles. The lowest BCUT2D eigenvalue weighted by atomic mass is 10.1. The minimum absolute atomic E-state index is 0.00188. The predicted octanol–water partition coefficient (Wildman–Crippen LogP) is 3.35. The Morgan fingerprint density at radius 3 is 2.45 bits per heavy atom. The minimum atomic E-state index is -4.23. The first kappa shape index (κ1) is 30.2. The second kappa shape index (κ2) is 13.7. The maximum absolute atomic E-state index is 13.0. The van der Waals surface area contributed by atoms with Crippen molar-refractivity contribution in [3.63, 3.8) is 0 Å².